The first-order valence-electron chi connectivity index (χ1n) is 6.54. The van der Waals surface area contributed by atoms with Gasteiger partial charge < -0.3 is 10.6 Å². The van der Waals surface area contributed by atoms with Crippen LogP contribution in [0, 0.1) is 5.92 Å². The van der Waals surface area contributed by atoms with Gasteiger partial charge in [0.25, 0.3) is 0 Å². The van der Waals surface area contributed by atoms with Crippen LogP contribution in [0.5, 0.6) is 0 Å². The Morgan fingerprint density at radius 3 is 2.90 bits per heavy atom. The molecular formula is C12H19N3O3S2. The van der Waals surface area contributed by atoms with Crippen molar-refractivity contribution in [3.05, 3.63) is 17.0 Å². The predicted octanol–water partition coefficient (Wildman–Crippen LogP) is 0.401. The highest BCUT2D eigenvalue weighted by atomic mass is 32.2. The topological polar surface area (TPSA) is 101 Å². The van der Waals surface area contributed by atoms with Crippen LogP contribution in [-0.4, -0.2) is 27.4 Å². The van der Waals surface area contributed by atoms with Crippen molar-refractivity contribution in [1.82, 2.24) is 10.6 Å². The number of nitrogens with one attached hydrogen (secondary N) is 2. The molecular weight excluding hydrogens is 298 g/mol. The molecule has 0 bridgehead atoms. The number of amides is 1. The molecule has 0 aliphatic carbocycles. The molecule has 1 atom stereocenters. The number of nitrogens with two attached hydrogens (primary N) is 1. The summed E-state index contributed by atoms with van der Waals surface area (Å²) < 4.78 is 22.4. The van der Waals surface area contributed by atoms with Crippen molar-refractivity contribution in [3.8, 4) is 0 Å². The second kappa shape index (κ2) is 6.66. The number of hydrogen-bond donors (Lipinski definition) is 3. The van der Waals surface area contributed by atoms with Crippen molar-refractivity contribution >= 4 is 27.3 Å². The molecule has 1 aliphatic heterocycles. The fourth-order valence-electron chi connectivity index (χ4n) is 2.18. The van der Waals surface area contributed by atoms with Crippen LogP contribution in [0.15, 0.2) is 16.3 Å². The zero-order chi connectivity index (χ0) is 14.6. The molecule has 1 fully saturated rings. The molecule has 0 radical (unpaired) electrons. The molecule has 1 amide bonds. The molecule has 1 aliphatic rings. The van der Waals surface area contributed by atoms with Crippen molar-refractivity contribution in [2.75, 3.05) is 13.1 Å². The minimum Gasteiger partial charge on any atom is -0.351 e. The van der Waals surface area contributed by atoms with Gasteiger partial charge in [0.05, 0.1) is 6.54 Å². The van der Waals surface area contributed by atoms with Gasteiger partial charge in [0.1, 0.15) is 4.21 Å². The summed E-state index contributed by atoms with van der Waals surface area (Å²) in [5.74, 6) is 0.596. The Bertz CT molecular complexity index is 562. The summed E-state index contributed by atoms with van der Waals surface area (Å²) in [6.45, 7) is 2.38. The summed E-state index contributed by atoms with van der Waals surface area (Å²) in [6, 6.07) is 3.14. The Labute approximate surface area is 122 Å². The van der Waals surface area contributed by atoms with Crippen LogP contribution in [0.25, 0.3) is 0 Å². The average Bonchev–Trinajstić information content (AvgIpc) is 3.04. The lowest BCUT2D eigenvalue weighted by molar-refractivity contribution is -0.121. The van der Waals surface area contributed by atoms with Crippen LogP contribution in [0.2, 0.25) is 0 Å². The zero-order valence-corrected chi connectivity index (χ0v) is 12.7. The second-order valence-corrected chi connectivity index (χ2v) is 7.90. The summed E-state index contributed by atoms with van der Waals surface area (Å²) in [4.78, 5) is 12.5. The molecule has 112 valence electrons. The maximum absolute atomic E-state index is 11.7. The highest BCUT2D eigenvalue weighted by molar-refractivity contribution is 7.91. The number of sulfonamides is 1. The quantitative estimate of drug-likeness (QED) is 0.707. The molecule has 8 heteroatoms. The van der Waals surface area contributed by atoms with Crippen LogP contribution in [0.4, 0.5) is 0 Å². The van der Waals surface area contributed by atoms with Crippen molar-refractivity contribution in [3.63, 3.8) is 0 Å². The second-order valence-electron chi connectivity index (χ2n) is 4.94. The number of carbonyl (C=O) groups is 1. The summed E-state index contributed by atoms with van der Waals surface area (Å²) in [5, 5.41) is 11.1. The lowest BCUT2D eigenvalue weighted by Gasteiger charge is -2.07. The molecule has 1 aromatic heterocycles. The van der Waals surface area contributed by atoms with Crippen molar-refractivity contribution in [2.45, 2.75) is 30.0 Å². The van der Waals surface area contributed by atoms with Crippen LogP contribution in [-0.2, 0) is 21.4 Å². The van der Waals surface area contributed by atoms with Crippen molar-refractivity contribution < 1.29 is 13.2 Å². The third-order valence-electron chi connectivity index (χ3n) is 3.32. The van der Waals surface area contributed by atoms with Gasteiger partial charge in [-0.2, -0.15) is 0 Å². The van der Waals surface area contributed by atoms with E-state index in [0.29, 0.717) is 18.9 Å². The normalized spacial score (nSPS) is 19.1. The van der Waals surface area contributed by atoms with Gasteiger partial charge in [-0.15, -0.1) is 11.3 Å². The monoisotopic (exact) mass is 317 g/mol. The number of primary sulfonamides is 1. The average molecular weight is 317 g/mol. The molecule has 1 aromatic rings. The third kappa shape index (κ3) is 4.55. The van der Waals surface area contributed by atoms with Crippen LogP contribution >= 0.6 is 11.3 Å². The van der Waals surface area contributed by atoms with Crippen LogP contribution in [0.3, 0.4) is 0 Å². The van der Waals surface area contributed by atoms with Gasteiger partial charge in [-0.25, -0.2) is 13.6 Å². The molecule has 2 heterocycles. The van der Waals surface area contributed by atoms with Crippen molar-refractivity contribution in [2.24, 2.45) is 11.1 Å². The Kier molecular flexibility index (Phi) is 5.14. The van der Waals surface area contributed by atoms with E-state index in [2.05, 4.69) is 10.6 Å². The molecule has 0 aromatic carbocycles. The minimum absolute atomic E-state index is 0.00227. The summed E-state index contributed by atoms with van der Waals surface area (Å²) in [7, 11) is -3.64. The Morgan fingerprint density at radius 1 is 1.50 bits per heavy atom. The fourth-order valence-corrected chi connectivity index (χ4v) is 3.89. The Morgan fingerprint density at radius 2 is 2.30 bits per heavy atom. The third-order valence-corrected chi connectivity index (χ3v) is 5.84. The van der Waals surface area contributed by atoms with E-state index in [-0.39, 0.29) is 10.1 Å². The first kappa shape index (κ1) is 15.4. The van der Waals surface area contributed by atoms with Gasteiger partial charge in [-0.3, -0.25) is 4.79 Å². The highest BCUT2D eigenvalue weighted by Crippen LogP contribution is 2.20. The summed E-state index contributed by atoms with van der Waals surface area (Å²) in [6.07, 6.45) is 2.54. The molecule has 4 N–H and O–H groups in total. The molecule has 6 nitrogen and oxygen atoms in total. The van der Waals surface area contributed by atoms with Gasteiger partial charge >= 0.3 is 0 Å². The number of rotatable bonds is 6. The molecule has 0 saturated carbocycles. The van der Waals surface area contributed by atoms with E-state index in [1.165, 1.54) is 6.07 Å². The summed E-state index contributed by atoms with van der Waals surface area (Å²) >= 11 is 1.09. The Balaban J connectivity index is 1.74. The Hall–Kier alpha value is -0.960. The lowest BCUT2D eigenvalue weighted by atomic mass is 10.0. The number of hydrogen-bond acceptors (Lipinski definition) is 5. The largest absolute Gasteiger partial charge is 0.351 e. The fraction of sp³-hybridized carbons (Fsp3) is 0.583. The van der Waals surface area contributed by atoms with E-state index in [4.69, 9.17) is 5.14 Å². The first-order valence-corrected chi connectivity index (χ1v) is 8.90. The predicted molar refractivity (Wildman–Crippen MR) is 77.7 cm³/mol. The SMILES string of the molecule is NS(=O)(=O)c1ccc(CNC(=O)CCC2CCNC2)s1. The van der Waals surface area contributed by atoms with Gasteiger partial charge in [0.15, 0.2) is 0 Å². The van der Waals surface area contributed by atoms with E-state index in [9.17, 15) is 13.2 Å². The van der Waals surface area contributed by atoms with E-state index in [1.807, 2.05) is 0 Å². The maximum atomic E-state index is 11.7. The zero-order valence-electron chi connectivity index (χ0n) is 11.1. The maximum Gasteiger partial charge on any atom is 0.247 e. The molecule has 0 spiro atoms. The first-order chi connectivity index (χ1) is 9.45. The van der Waals surface area contributed by atoms with E-state index < -0.39 is 10.0 Å². The van der Waals surface area contributed by atoms with Crippen LogP contribution in [0.1, 0.15) is 24.1 Å². The molecule has 1 saturated heterocycles. The van der Waals surface area contributed by atoms with E-state index >= 15 is 0 Å². The van der Waals surface area contributed by atoms with Crippen molar-refractivity contribution in [1.29, 1.82) is 0 Å². The van der Waals surface area contributed by atoms with E-state index in [1.54, 1.807) is 6.07 Å². The van der Waals surface area contributed by atoms with Gasteiger partial charge in [0, 0.05) is 11.3 Å². The van der Waals surface area contributed by atoms with Gasteiger partial charge in [-0.1, -0.05) is 0 Å². The van der Waals surface area contributed by atoms with E-state index in [0.717, 1.165) is 42.1 Å². The standard InChI is InChI=1S/C12H19N3O3S2/c13-20(17,18)12-4-2-10(19-12)8-15-11(16)3-1-9-5-6-14-7-9/h2,4,9,14H,1,3,5-8H2,(H,15,16)(H2,13,17,18). The molecule has 20 heavy (non-hydrogen) atoms. The highest BCUT2D eigenvalue weighted by Gasteiger charge is 2.16. The molecule has 2 rings (SSSR count). The van der Waals surface area contributed by atoms with Gasteiger partial charge in [-0.05, 0) is 44.0 Å². The smallest absolute Gasteiger partial charge is 0.247 e. The molecule has 1 unspecified atom stereocenters. The minimum atomic E-state index is -3.64. The summed E-state index contributed by atoms with van der Waals surface area (Å²) in [5.41, 5.74) is 0. The lowest BCUT2D eigenvalue weighted by Crippen LogP contribution is -2.23. The number of carbonyl (C=O) groups excluding carboxylic acids is 1. The van der Waals surface area contributed by atoms with Crippen LogP contribution < -0.4 is 15.8 Å². The number of thiophene rings is 1. The van der Waals surface area contributed by atoms with Gasteiger partial charge in [0.2, 0.25) is 15.9 Å².